The lowest BCUT2D eigenvalue weighted by atomic mass is 10.3. The van der Waals surface area contributed by atoms with Gasteiger partial charge in [-0.1, -0.05) is 0 Å². The van der Waals surface area contributed by atoms with Crippen molar-refractivity contribution >= 4 is 0 Å². The molecule has 9 heavy (non-hydrogen) atoms. The van der Waals surface area contributed by atoms with E-state index in [9.17, 15) is 0 Å². The van der Waals surface area contributed by atoms with Crippen LogP contribution in [0.25, 0.3) is 0 Å². The molecule has 1 aliphatic rings. The summed E-state index contributed by atoms with van der Waals surface area (Å²) in [4.78, 5) is 0. The molecule has 1 aromatic heterocycles. The van der Waals surface area contributed by atoms with Crippen molar-refractivity contribution in [1.29, 1.82) is 0 Å². The largest absolute Gasteiger partial charge is 0.353 e. The van der Waals surface area contributed by atoms with E-state index < -0.39 is 0 Å². The van der Waals surface area contributed by atoms with E-state index in [2.05, 4.69) is 29.2 Å². The summed E-state index contributed by atoms with van der Waals surface area (Å²) >= 11 is 0. The van der Waals surface area contributed by atoms with Gasteiger partial charge in [-0.25, -0.2) is 0 Å². The highest BCUT2D eigenvalue weighted by atomic mass is 15.0. The van der Waals surface area contributed by atoms with Crippen molar-refractivity contribution in [2.75, 3.05) is 0 Å². The third kappa shape index (κ3) is 0.598. The zero-order valence-electron chi connectivity index (χ0n) is 5.52. The molecule has 2 heteroatoms. The van der Waals surface area contributed by atoms with Crippen LogP contribution in [-0.4, -0.2) is 4.57 Å². The van der Waals surface area contributed by atoms with E-state index in [0.29, 0.717) is 0 Å². The fourth-order valence-electron chi connectivity index (χ4n) is 1.33. The van der Waals surface area contributed by atoms with Crippen LogP contribution in [0, 0.1) is 0 Å². The summed E-state index contributed by atoms with van der Waals surface area (Å²) in [5, 5.41) is 3.29. The van der Waals surface area contributed by atoms with Gasteiger partial charge in [-0.2, -0.15) is 0 Å². The Morgan fingerprint density at radius 2 is 2.44 bits per heavy atom. The number of rotatable bonds is 0. The van der Waals surface area contributed by atoms with Gasteiger partial charge < -0.3 is 9.88 Å². The maximum Gasteiger partial charge on any atom is 0.0365 e. The molecule has 0 atom stereocenters. The summed E-state index contributed by atoms with van der Waals surface area (Å²) in [6.45, 7) is 2.09. The van der Waals surface area contributed by atoms with E-state index in [1.54, 1.807) is 0 Å². The van der Waals surface area contributed by atoms with E-state index in [1.165, 1.54) is 11.3 Å². The van der Waals surface area contributed by atoms with E-state index >= 15 is 0 Å². The molecule has 1 aromatic rings. The van der Waals surface area contributed by atoms with E-state index in [0.717, 1.165) is 13.1 Å². The number of aromatic nitrogens is 1. The van der Waals surface area contributed by atoms with E-state index in [-0.39, 0.29) is 0 Å². The van der Waals surface area contributed by atoms with Gasteiger partial charge in [0.1, 0.15) is 0 Å². The Labute approximate surface area is 54.5 Å². The molecular formula is C7H10N2. The predicted octanol–water partition coefficient (Wildman–Crippen LogP) is 0.628. The number of hydrogen-bond acceptors (Lipinski definition) is 1. The first-order valence-electron chi connectivity index (χ1n) is 3.22. The van der Waals surface area contributed by atoms with Crippen molar-refractivity contribution in [1.82, 2.24) is 9.88 Å². The minimum atomic E-state index is 1.04. The summed E-state index contributed by atoms with van der Waals surface area (Å²) in [7, 11) is 2.09. The SMILES string of the molecule is Cn1ccc2c1CNC2. The maximum absolute atomic E-state index is 3.29. The summed E-state index contributed by atoms with van der Waals surface area (Å²) in [5.41, 5.74) is 2.90. The van der Waals surface area contributed by atoms with Crippen molar-refractivity contribution in [2.45, 2.75) is 13.1 Å². The fraction of sp³-hybridized carbons (Fsp3) is 0.429. The summed E-state index contributed by atoms with van der Waals surface area (Å²) in [6.07, 6.45) is 2.12. The molecule has 0 amide bonds. The maximum atomic E-state index is 3.29. The molecule has 2 heterocycles. The van der Waals surface area contributed by atoms with Gasteiger partial charge in [0.05, 0.1) is 0 Å². The first-order valence-corrected chi connectivity index (χ1v) is 3.22. The number of nitrogens with zero attached hydrogens (tertiary/aromatic N) is 1. The standard InChI is InChI=1S/C7H10N2/c1-9-3-2-6-4-8-5-7(6)9/h2-3,8H,4-5H2,1H3. The zero-order chi connectivity index (χ0) is 6.27. The first-order chi connectivity index (χ1) is 4.38. The lowest BCUT2D eigenvalue weighted by Gasteiger charge is -1.94. The Balaban J connectivity index is 2.56. The molecular weight excluding hydrogens is 112 g/mol. The fourth-order valence-corrected chi connectivity index (χ4v) is 1.33. The minimum Gasteiger partial charge on any atom is -0.353 e. The zero-order valence-corrected chi connectivity index (χ0v) is 5.52. The Kier molecular flexibility index (Phi) is 0.904. The topological polar surface area (TPSA) is 17.0 Å². The van der Waals surface area contributed by atoms with Crippen LogP contribution in [-0.2, 0) is 20.1 Å². The van der Waals surface area contributed by atoms with E-state index in [4.69, 9.17) is 0 Å². The Morgan fingerprint density at radius 3 is 3.22 bits per heavy atom. The molecule has 48 valence electrons. The molecule has 0 bridgehead atoms. The van der Waals surface area contributed by atoms with Gasteiger partial charge in [0.25, 0.3) is 0 Å². The van der Waals surface area contributed by atoms with Crippen LogP contribution >= 0.6 is 0 Å². The van der Waals surface area contributed by atoms with Crippen LogP contribution in [0.1, 0.15) is 11.3 Å². The number of nitrogens with one attached hydrogen (secondary N) is 1. The van der Waals surface area contributed by atoms with Gasteiger partial charge in [-0.15, -0.1) is 0 Å². The normalized spacial score (nSPS) is 16.1. The highest BCUT2D eigenvalue weighted by Gasteiger charge is 2.11. The van der Waals surface area contributed by atoms with Gasteiger partial charge >= 0.3 is 0 Å². The smallest absolute Gasteiger partial charge is 0.0365 e. The molecule has 0 spiro atoms. The second-order valence-corrected chi connectivity index (χ2v) is 2.50. The monoisotopic (exact) mass is 122 g/mol. The Morgan fingerprint density at radius 1 is 1.56 bits per heavy atom. The van der Waals surface area contributed by atoms with Crippen molar-refractivity contribution in [3.63, 3.8) is 0 Å². The highest BCUT2D eigenvalue weighted by molar-refractivity contribution is 5.25. The molecule has 1 aliphatic heterocycles. The van der Waals surface area contributed by atoms with Gasteiger partial charge in [0.2, 0.25) is 0 Å². The molecule has 0 saturated carbocycles. The van der Waals surface area contributed by atoms with Crippen molar-refractivity contribution in [3.8, 4) is 0 Å². The molecule has 0 unspecified atom stereocenters. The number of aryl methyl sites for hydroxylation is 1. The van der Waals surface area contributed by atoms with Crippen LogP contribution in [0.2, 0.25) is 0 Å². The molecule has 2 nitrogen and oxygen atoms in total. The lowest BCUT2D eigenvalue weighted by Crippen LogP contribution is -2.03. The first kappa shape index (κ1) is 5.06. The van der Waals surface area contributed by atoms with Crippen LogP contribution in [0.3, 0.4) is 0 Å². The second kappa shape index (κ2) is 1.61. The highest BCUT2D eigenvalue weighted by Crippen LogP contribution is 2.14. The third-order valence-corrected chi connectivity index (χ3v) is 1.90. The van der Waals surface area contributed by atoms with Gasteiger partial charge in [0, 0.05) is 32.0 Å². The average molecular weight is 122 g/mol. The van der Waals surface area contributed by atoms with Gasteiger partial charge in [0.15, 0.2) is 0 Å². The molecule has 0 radical (unpaired) electrons. The third-order valence-electron chi connectivity index (χ3n) is 1.90. The number of fused-ring (bicyclic) bond motifs is 1. The Hall–Kier alpha value is -0.760. The molecule has 0 saturated heterocycles. The predicted molar refractivity (Wildman–Crippen MR) is 36.0 cm³/mol. The molecule has 1 N–H and O–H groups in total. The summed E-state index contributed by atoms with van der Waals surface area (Å²) in [6, 6.07) is 2.18. The van der Waals surface area contributed by atoms with E-state index in [1.807, 2.05) is 0 Å². The van der Waals surface area contributed by atoms with Gasteiger partial charge in [-0.3, -0.25) is 0 Å². The molecule has 0 fully saturated rings. The van der Waals surface area contributed by atoms with Crippen LogP contribution < -0.4 is 5.32 Å². The molecule has 2 rings (SSSR count). The molecule has 0 aliphatic carbocycles. The Bertz CT molecular complexity index is 225. The quantitative estimate of drug-likeness (QED) is 0.534. The van der Waals surface area contributed by atoms with Crippen LogP contribution in [0.4, 0.5) is 0 Å². The van der Waals surface area contributed by atoms with Crippen LogP contribution in [0.5, 0.6) is 0 Å². The summed E-state index contributed by atoms with van der Waals surface area (Å²) in [5.74, 6) is 0. The summed E-state index contributed by atoms with van der Waals surface area (Å²) < 4.78 is 2.18. The molecule has 0 aromatic carbocycles. The number of hydrogen-bond donors (Lipinski definition) is 1. The van der Waals surface area contributed by atoms with Crippen molar-refractivity contribution in [2.24, 2.45) is 7.05 Å². The van der Waals surface area contributed by atoms with Crippen molar-refractivity contribution in [3.05, 3.63) is 23.5 Å². The van der Waals surface area contributed by atoms with Crippen LogP contribution in [0.15, 0.2) is 12.3 Å². The second-order valence-electron chi connectivity index (χ2n) is 2.50. The minimum absolute atomic E-state index is 1.04. The average Bonchev–Trinajstić information content (AvgIpc) is 2.35. The lowest BCUT2D eigenvalue weighted by molar-refractivity contribution is 0.724. The van der Waals surface area contributed by atoms with Gasteiger partial charge in [-0.05, 0) is 11.6 Å². The van der Waals surface area contributed by atoms with Crippen molar-refractivity contribution < 1.29 is 0 Å².